The van der Waals surface area contributed by atoms with Crippen LogP contribution in [0.2, 0.25) is 0 Å². The molecule has 0 heterocycles. The van der Waals surface area contributed by atoms with Crippen molar-refractivity contribution in [2.75, 3.05) is 19.0 Å². The van der Waals surface area contributed by atoms with Gasteiger partial charge in [0.1, 0.15) is 5.82 Å². The number of unbranched alkanes of at least 4 members (excludes halogenated alkanes) is 1. The van der Waals surface area contributed by atoms with Crippen molar-refractivity contribution in [2.45, 2.75) is 76.4 Å². The van der Waals surface area contributed by atoms with E-state index in [0.29, 0.717) is 17.5 Å². The standard InChI is InChI=1S/C25H36FNO6S/c1-2-6-25(7-5-8-25)24(29)18-11-17(12-20(26)13-18)23-21(19(15-27)14-22(23)28)16-33-9-3-4-10-34(30,31)32/h11-13,19,21-24,28-29H,2-10,14,16H2,1H3,(H,30,31,32)/t19-,21?,22+,23?,24?/m0/s1. The number of aliphatic hydroxyl groups is 2. The number of rotatable bonds is 12. The molecular formula is C25H36FNO6S. The van der Waals surface area contributed by atoms with E-state index in [1.165, 1.54) is 12.1 Å². The maximum absolute atomic E-state index is 14.7. The van der Waals surface area contributed by atoms with Crippen LogP contribution in [0.4, 0.5) is 4.39 Å². The zero-order valence-corrected chi connectivity index (χ0v) is 20.5. The predicted octanol–water partition coefficient (Wildman–Crippen LogP) is 4.12. The van der Waals surface area contributed by atoms with Crippen LogP contribution in [0.3, 0.4) is 0 Å². The van der Waals surface area contributed by atoms with Gasteiger partial charge in [-0.15, -0.1) is 0 Å². The summed E-state index contributed by atoms with van der Waals surface area (Å²) in [5.74, 6) is -2.15. The highest BCUT2D eigenvalue weighted by atomic mass is 32.2. The number of nitriles is 1. The summed E-state index contributed by atoms with van der Waals surface area (Å²) >= 11 is 0. The number of halogens is 1. The highest BCUT2D eigenvalue weighted by Gasteiger charge is 2.46. The fourth-order valence-corrected chi connectivity index (χ4v) is 6.36. The van der Waals surface area contributed by atoms with Crippen LogP contribution in [0.5, 0.6) is 0 Å². The predicted molar refractivity (Wildman–Crippen MR) is 125 cm³/mol. The summed E-state index contributed by atoms with van der Waals surface area (Å²) < 4.78 is 50.8. The largest absolute Gasteiger partial charge is 0.392 e. The van der Waals surface area contributed by atoms with Gasteiger partial charge in [-0.1, -0.05) is 25.8 Å². The second kappa shape index (κ2) is 11.4. The molecule has 9 heteroatoms. The summed E-state index contributed by atoms with van der Waals surface area (Å²) in [5, 5.41) is 31.6. The Hall–Kier alpha value is -1.57. The van der Waals surface area contributed by atoms with Crippen molar-refractivity contribution in [1.29, 1.82) is 5.26 Å². The van der Waals surface area contributed by atoms with Gasteiger partial charge in [-0.05, 0) is 61.8 Å². The zero-order valence-electron chi connectivity index (χ0n) is 19.7. The second-order valence-electron chi connectivity index (χ2n) is 9.98. The van der Waals surface area contributed by atoms with Gasteiger partial charge in [-0.25, -0.2) is 4.39 Å². The van der Waals surface area contributed by atoms with E-state index in [0.717, 1.165) is 32.1 Å². The van der Waals surface area contributed by atoms with Crippen LogP contribution in [0, 0.1) is 34.4 Å². The number of benzene rings is 1. The van der Waals surface area contributed by atoms with Gasteiger partial charge in [-0.2, -0.15) is 13.7 Å². The van der Waals surface area contributed by atoms with Crippen LogP contribution in [-0.4, -0.2) is 48.3 Å². The van der Waals surface area contributed by atoms with E-state index in [1.807, 2.05) is 0 Å². The Labute approximate surface area is 201 Å². The molecule has 1 aromatic rings. The number of hydrogen-bond acceptors (Lipinski definition) is 6. The average molecular weight is 498 g/mol. The third-order valence-corrected chi connectivity index (χ3v) is 8.43. The van der Waals surface area contributed by atoms with E-state index in [9.17, 15) is 28.3 Å². The van der Waals surface area contributed by atoms with Crippen LogP contribution >= 0.6 is 0 Å². The Kier molecular flexibility index (Phi) is 9.10. The monoisotopic (exact) mass is 497 g/mol. The van der Waals surface area contributed by atoms with Crippen molar-refractivity contribution in [3.05, 3.63) is 35.1 Å². The van der Waals surface area contributed by atoms with Gasteiger partial charge < -0.3 is 14.9 Å². The molecule has 7 nitrogen and oxygen atoms in total. The molecule has 0 radical (unpaired) electrons. The first-order chi connectivity index (χ1) is 16.1. The lowest BCUT2D eigenvalue weighted by Crippen LogP contribution is -2.36. The molecule has 34 heavy (non-hydrogen) atoms. The van der Waals surface area contributed by atoms with Crippen LogP contribution in [0.15, 0.2) is 18.2 Å². The summed E-state index contributed by atoms with van der Waals surface area (Å²) in [6, 6.07) is 6.75. The Morgan fingerprint density at radius 2 is 2.03 bits per heavy atom. The average Bonchev–Trinajstić information content (AvgIpc) is 3.06. The lowest BCUT2D eigenvalue weighted by atomic mass is 9.61. The first-order valence-electron chi connectivity index (χ1n) is 12.2. The van der Waals surface area contributed by atoms with E-state index in [-0.39, 0.29) is 43.1 Å². The van der Waals surface area contributed by atoms with Gasteiger partial charge in [0.2, 0.25) is 0 Å². The Morgan fingerprint density at radius 1 is 1.29 bits per heavy atom. The van der Waals surface area contributed by atoms with Gasteiger partial charge in [0.15, 0.2) is 0 Å². The van der Waals surface area contributed by atoms with Crippen molar-refractivity contribution in [3.63, 3.8) is 0 Å². The molecule has 0 amide bonds. The highest BCUT2D eigenvalue weighted by molar-refractivity contribution is 7.85. The minimum absolute atomic E-state index is 0.167. The quantitative estimate of drug-likeness (QED) is 0.293. The van der Waals surface area contributed by atoms with Crippen molar-refractivity contribution in [3.8, 4) is 6.07 Å². The minimum Gasteiger partial charge on any atom is -0.392 e. The lowest BCUT2D eigenvalue weighted by molar-refractivity contribution is -0.0442. The molecule has 2 fully saturated rings. The smallest absolute Gasteiger partial charge is 0.264 e. The van der Waals surface area contributed by atoms with Gasteiger partial charge in [-0.3, -0.25) is 4.55 Å². The van der Waals surface area contributed by atoms with E-state index in [1.54, 1.807) is 6.07 Å². The fraction of sp³-hybridized carbons (Fsp3) is 0.720. The molecule has 0 spiro atoms. The summed E-state index contributed by atoms with van der Waals surface area (Å²) in [6.07, 6.45) is 3.99. The van der Waals surface area contributed by atoms with Crippen molar-refractivity contribution >= 4 is 10.1 Å². The van der Waals surface area contributed by atoms with Gasteiger partial charge >= 0.3 is 0 Å². The molecule has 2 saturated carbocycles. The topological polar surface area (TPSA) is 128 Å². The molecule has 0 aliphatic heterocycles. The zero-order chi connectivity index (χ0) is 24.9. The van der Waals surface area contributed by atoms with Gasteiger partial charge in [0.05, 0.1) is 36.6 Å². The second-order valence-corrected chi connectivity index (χ2v) is 11.6. The summed E-state index contributed by atoms with van der Waals surface area (Å²) in [7, 11) is -4.01. The molecule has 2 aliphatic rings. The van der Waals surface area contributed by atoms with Crippen molar-refractivity contribution in [2.24, 2.45) is 17.3 Å². The fourth-order valence-electron chi connectivity index (χ4n) is 5.79. The first kappa shape index (κ1) is 27.0. The number of hydrogen-bond donors (Lipinski definition) is 3. The Bertz CT molecular complexity index is 974. The summed E-state index contributed by atoms with van der Waals surface area (Å²) in [5.41, 5.74) is 0.847. The number of nitrogens with zero attached hydrogens (tertiary/aromatic N) is 1. The molecule has 1 aromatic carbocycles. The Morgan fingerprint density at radius 3 is 2.62 bits per heavy atom. The SMILES string of the molecule is CCCC1(C(O)c2cc(F)cc(C3C(COCCCCS(=O)(=O)O)[C@H](C#N)C[C@H]3O)c2)CCC1. The third-order valence-electron chi connectivity index (χ3n) is 7.63. The van der Waals surface area contributed by atoms with E-state index in [2.05, 4.69) is 13.0 Å². The van der Waals surface area contributed by atoms with Crippen LogP contribution in [0.25, 0.3) is 0 Å². The lowest BCUT2D eigenvalue weighted by Gasteiger charge is -2.46. The van der Waals surface area contributed by atoms with Gasteiger partial charge in [0.25, 0.3) is 10.1 Å². The summed E-state index contributed by atoms with van der Waals surface area (Å²) in [6.45, 7) is 2.49. The third kappa shape index (κ3) is 6.35. The normalized spacial score (nSPS) is 27.2. The first-order valence-corrected chi connectivity index (χ1v) is 13.8. The maximum Gasteiger partial charge on any atom is 0.264 e. The molecule has 0 bridgehead atoms. The number of aliphatic hydroxyl groups excluding tert-OH is 2. The Balaban J connectivity index is 1.74. The molecule has 3 rings (SSSR count). The highest BCUT2D eigenvalue weighted by Crippen LogP contribution is 2.54. The van der Waals surface area contributed by atoms with Crippen LogP contribution < -0.4 is 0 Å². The molecule has 0 aromatic heterocycles. The van der Waals surface area contributed by atoms with Crippen molar-refractivity contribution < 1.29 is 32.3 Å². The molecule has 3 unspecified atom stereocenters. The van der Waals surface area contributed by atoms with Crippen molar-refractivity contribution in [1.82, 2.24) is 0 Å². The van der Waals surface area contributed by atoms with E-state index in [4.69, 9.17) is 9.29 Å². The van der Waals surface area contributed by atoms with Gasteiger partial charge in [0, 0.05) is 23.9 Å². The molecule has 3 N–H and O–H groups in total. The molecular weight excluding hydrogens is 461 g/mol. The minimum atomic E-state index is -4.01. The molecule has 0 saturated heterocycles. The number of ether oxygens (including phenoxy) is 1. The molecule has 190 valence electrons. The van der Waals surface area contributed by atoms with E-state index < -0.39 is 40.0 Å². The van der Waals surface area contributed by atoms with Crippen LogP contribution in [0.1, 0.15) is 81.4 Å². The van der Waals surface area contributed by atoms with E-state index >= 15 is 0 Å². The van der Waals surface area contributed by atoms with Crippen LogP contribution in [-0.2, 0) is 14.9 Å². The molecule has 5 atom stereocenters. The molecule has 2 aliphatic carbocycles. The maximum atomic E-state index is 14.7. The summed E-state index contributed by atoms with van der Waals surface area (Å²) in [4.78, 5) is 0.